The normalized spacial score (nSPS) is 15.4. The van der Waals surface area contributed by atoms with Gasteiger partial charge in [0.2, 0.25) is 0 Å². The van der Waals surface area contributed by atoms with E-state index in [-0.39, 0.29) is 0 Å². The summed E-state index contributed by atoms with van der Waals surface area (Å²) in [5.74, 6) is -0.115. The zero-order valence-corrected chi connectivity index (χ0v) is 15.6. The molecule has 0 saturated carbocycles. The highest BCUT2D eigenvalue weighted by atomic mass is 16.5. The van der Waals surface area contributed by atoms with Crippen LogP contribution in [0.3, 0.4) is 0 Å². The number of ether oxygens (including phenoxy) is 1. The molecule has 1 fully saturated rings. The van der Waals surface area contributed by atoms with Gasteiger partial charge in [-0.05, 0) is 72.5 Å². The van der Waals surface area contributed by atoms with E-state index in [9.17, 15) is 4.79 Å². The second kappa shape index (κ2) is 9.19. The molecule has 2 aromatic rings. The fourth-order valence-electron chi connectivity index (χ4n) is 3.34. The predicted molar refractivity (Wildman–Crippen MR) is 109 cm³/mol. The number of rotatable bonds is 7. The average Bonchev–Trinajstić information content (AvgIpc) is 3.21. The summed E-state index contributed by atoms with van der Waals surface area (Å²) < 4.78 is 5.28. The number of carbonyl (C=O) groups is 1. The van der Waals surface area contributed by atoms with Gasteiger partial charge >= 0.3 is 5.97 Å². The van der Waals surface area contributed by atoms with Crippen molar-refractivity contribution in [2.24, 2.45) is 0 Å². The molecule has 0 radical (unpaired) electrons. The van der Waals surface area contributed by atoms with Gasteiger partial charge in [0.1, 0.15) is 5.75 Å². The number of carboxylic acid groups (broad SMARTS) is 1. The molecule has 0 unspecified atom stereocenters. The number of nitrogens with zero attached hydrogens (tertiary/aromatic N) is 1. The molecule has 0 aromatic heterocycles. The van der Waals surface area contributed by atoms with E-state index in [2.05, 4.69) is 29.2 Å². The molecule has 140 valence electrons. The Balaban J connectivity index is 1.94. The SMILES string of the molecule is COc1ccc(/C(=C/CN2CCCC2)c2cccc(/C=C/C(=O)O)c2)cc1. The summed E-state index contributed by atoms with van der Waals surface area (Å²) in [5, 5.41) is 8.87. The fraction of sp³-hybridized carbons (Fsp3) is 0.261. The number of hydrogen-bond acceptors (Lipinski definition) is 3. The van der Waals surface area contributed by atoms with Crippen LogP contribution in [-0.2, 0) is 4.79 Å². The molecule has 4 heteroatoms. The molecule has 0 bridgehead atoms. The minimum Gasteiger partial charge on any atom is -0.497 e. The Kier molecular flexibility index (Phi) is 6.44. The Bertz CT molecular complexity index is 831. The highest BCUT2D eigenvalue weighted by Crippen LogP contribution is 2.27. The summed E-state index contributed by atoms with van der Waals surface area (Å²) in [6, 6.07) is 16.0. The minimum atomic E-state index is -0.944. The molecule has 1 aliphatic rings. The highest BCUT2D eigenvalue weighted by molar-refractivity contribution is 5.86. The fourth-order valence-corrected chi connectivity index (χ4v) is 3.34. The molecule has 1 heterocycles. The Labute approximate surface area is 160 Å². The lowest BCUT2D eigenvalue weighted by Crippen LogP contribution is -2.19. The third-order valence-electron chi connectivity index (χ3n) is 4.77. The van der Waals surface area contributed by atoms with Gasteiger partial charge in [0.05, 0.1) is 7.11 Å². The third kappa shape index (κ3) is 5.31. The Morgan fingerprint density at radius 1 is 1.11 bits per heavy atom. The van der Waals surface area contributed by atoms with Crippen LogP contribution in [0, 0.1) is 0 Å². The molecule has 27 heavy (non-hydrogen) atoms. The third-order valence-corrected chi connectivity index (χ3v) is 4.77. The van der Waals surface area contributed by atoms with E-state index in [0.29, 0.717) is 0 Å². The van der Waals surface area contributed by atoms with Crippen LogP contribution < -0.4 is 4.74 Å². The first-order chi connectivity index (χ1) is 13.2. The van der Waals surface area contributed by atoms with Gasteiger partial charge < -0.3 is 9.84 Å². The average molecular weight is 363 g/mol. The second-order valence-corrected chi connectivity index (χ2v) is 6.65. The smallest absolute Gasteiger partial charge is 0.328 e. The van der Waals surface area contributed by atoms with E-state index in [0.717, 1.165) is 47.6 Å². The molecule has 1 saturated heterocycles. The molecule has 0 aliphatic carbocycles. The summed E-state index contributed by atoms with van der Waals surface area (Å²) in [6.45, 7) is 3.21. The maximum atomic E-state index is 10.8. The topological polar surface area (TPSA) is 49.8 Å². The molecule has 0 atom stereocenters. The maximum absolute atomic E-state index is 10.8. The Morgan fingerprint density at radius 3 is 2.52 bits per heavy atom. The summed E-state index contributed by atoms with van der Waals surface area (Å²) >= 11 is 0. The molecule has 3 rings (SSSR count). The number of likely N-dealkylation sites (tertiary alicyclic amines) is 1. The van der Waals surface area contributed by atoms with Gasteiger partial charge in [0.15, 0.2) is 0 Å². The van der Waals surface area contributed by atoms with Crippen molar-refractivity contribution in [1.82, 2.24) is 4.90 Å². The zero-order valence-electron chi connectivity index (χ0n) is 15.6. The zero-order chi connectivity index (χ0) is 19.1. The maximum Gasteiger partial charge on any atom is 0.328 e. The summed E-state index contributed by atoms with van der Waals surface area (Å²) in [4.78, 5) is 13.3. The summed E-state index contributed by atoms with van der Waals surface area (Å²) in [5.41, 5.74) is 4.21. The summed E-state index contributed by atoms with van der Waals surface area (Å²) in [7, 11) is 1.66. The van der Waals surface area contributed by atoms with E-state index < -0.39 is 5.97 Å². The van der Waals surface area contributed by atoms with Crippen molar-refractivity contribution in [3.63, 3.8) is 0 Å². The molecule has 0 spiro atoms. The second-order valence-electron chi connectivity index (χ2n) is 6.65. The number of aliphatic carboxylic acids is 1. The lowest BCUT2D eigenvalue weighted by molar-refractivity contribution is -0.131. The number of methoxy groups -OCH3 is 1. The first kappa shape index (κ1) is 18.9. The van der Waals surface area contributed by atoms with Crippen LogP contribution in [0.5, 0.6) is 5.75 Å². The van der Waals surface area contributed by atoms with Gasteiger partial charge in [-0.3, -0.25) is 4.90 Å². The quantitative estimate of drug-likeness (QED) is 0.744. The molecule has 1 aliphatic heterocycles. The summed E-state index contributed by atoms with van der Waals surface area (Å²) in [6.07, 6.45) is 7.59. The number of benzene rings is 2. The molecular formula is C23H25NO3. The molecular weight excluding hydrogens is 338 g/mol. The molecule has 4 nitrogen and oxygen atoms in total. The van der Waals surface area contributed by atoms with Crippen molar-refractivity contribution in [2.45, 2.75) is 12.8 Å². The van der Waals surface area contributed by atoms with Crippen molar-refractivity contribution in [1.29, 1.82) is 0 Å². The van der Waals surface area contributed by atoms with Crippen LogP contribution in [0.1, 0.15) is 29.5 Å². The van der Waals surface area contributed by atoms with E-state index in [4.69, 9.17) is 9.84 Å². The van der Waals surface area contributed by atoms with Gasteiger partial charge in [-0.2, -0.15) is 0 Å². The lowest BCUT2D eigenvalue weighted by atomic mass is 9.95. The first-order valence-corrected chi connectivity index (χ1v) is 9.24. The van der Waals surface area contributed by atoms with Crippen LogP contribution in [0.4, 0.5) is 0 Å². The van der Waals surface area contributed by atoms with Crippen molar-refractivity contribution in [3.8, 4) is 5.75 Å². The van der Waals surface area contributed by atoms with Crippen LogP contribution in [0.25, 0.3) is 11.6 Å². The number of carboxylic acids is 1. The standard InChI is InChI=1S/C23H25NO3/c1-27-21-10-8-19(9-11-21)22(13-16-24-14-2-3-15-24)20-6-4-5-18(17-20)7-12-23(25)26/h4-13,17H,2-3,14-16H2,1H3,(H,25,26)/b12-7+,22-13-. The lowest BCUT2D eigenvalue weighted by Gasteiger charge is -2.15. The monoisotopic (exact) mass is 363 g/mol. The van der Waals surface area contributed by atoms with Crippen LogP contribution >= 0.6 is 0 Å². The number of hydrogen-bond donors (Lipinski definition) is 1. The van der Waals surface area contributed by atoms with E-state index in [1.54, 1.807) is 13.2 Å². The van der Waals surface area contributed by atoms with Gasteiger partial charge in [0.25, 0.3) is 0 Å². The van der Waals surface area contributed by atoms with Crippen molar-refractivity contribution in [3.05, 3.63) is 77.4 Å². The Hall–Kier alpha value is -2.85. The van der Waals surface area contributed by atoms with Crippen molar-refractivity contribution in [2.75, 3.05) is 26.7 Å². The van der Waals surface area contributed by atoms with E-state index >= 15 is 0 Å². The first-order valence-electron chi connectivity index (χ1n) is 9.24. The van der Waals surface area contributed by atoms with Crippen LogP contribution in [0.15, 0.2) is 60.7 Å². The molecule has 0 amide bonds. The minimum absolute atomic E-state index is 0.829. The largest absolute Gasteiger partial charge is 0.497 e. The predicted octanol–water partition coefficient (Wildman–Crippen LogP) is 4.32. The van der Waals surface area contributed by atoms with Gasteiger partial charge in [-0.15, -0.1) is 0 Å². The highest BCUT2D eigenvalue weighted by Gasteiger charge is 2.12. The molecule has 1 N–H and O–H groups in total. The van der Waals surface area contributed by atoms with Crippen LogP contribution in [-0.4, -0.2) is 42.7 Å². The Morgan fingerprint density at radius 2 is 1.85 bits per heavy atom. The van der Waals surface area contributed by atoms with Crippen molar-refractivity contribution >= 4 is 17.6 Å². The van der Waals surface area contributed by atoms with E-state index in [1.807, 2.05) is 30.3 Å². The molecule has 2 aromatic carbocycles. The van der Waals surface area contributed by atoms with Crippen LogP contribution in [0.2, 0.25) is 0 Å². The van der Waals surface area contributed by atoms with Gasteiger partial charge in [0, 0.05) is 12.6 Å². The van der Waals surface area contributed by atoms with Gasteiger partial charge in [-0.1, -0.05) is 36.4 Å². The van der Waals surface area contributed by atoms with E-state index in [1.165, 1.54) is 18.9 Å². The van der Waals surface area contributed by atoms with Crippen molar-refractivity contribution < 1.29 is 14.6 Å². The van der Waals surface area contributed by atoms with Gasteiger partial charge in [-0.25, -0.2) is 4.79 Å².